The normalized spacial score (nSPS) is 11.1. The maximum atomic E-state index is 6.17. The summed E-state index contributed by atoms with van der Waals surface area (Å²) in [5.74, 6) is 1.66. The minimum absolute atomic E-state index is 0.546. The average Bonchev–Trinajstić information content (AvgIpc) is 2.57. The molecule has 0 atom stereocenters. The van der Waals surface area contributed by atoms with E-state index >= 15 is 0 Å². The number of fused-ring (bicyclic) bond motifs is 1. The molecule has 3 nitrogen and oxygen atoms in total. The topological polar surface area (TPSA) is 43.8 Å². The second-order valence-electron chi connectivity index (χ2n) is 3.58. The number of anilines is 1. The lowest BCUT2D eigenvalue weighted by molar-refractivity contribution is 0.712. The highest BCUT2D eigenvalue weighted by Crippen LogP contribution is 2.25. The van der Waals surface area contributed by atoms with Crippen molar-refractivity contribution < 1.29 is 0 Å². The zero-order valence-electron chi connectivity index (χ0n) is 9.11. The molecule has 16 heavy (non-hydrogen) atoms. The van der Waals surface area contributed by atoms with Gasteiger partial charge in [0.1, 0.15) is 0 Å². The van der Waals surface area contributed by atoms with Gasteiger partial charge in [0.05, 0.1) is 16.1 Å². The first-order valence-electron chi connectivity index (χ1n) is 5.13. The Morgan fingerprint density at radius 2 is 2.31 bits per heavy atom. The molecule has 0 spiro atoms. The number of nitrogens with two attached hydrogens (primary N) is 1. The maximum absolute atomic E-state index is 6.17. The summed E-state index contributed by atoms with van der Waals surface area (Å²) in [4.78, 5) is 4.30. The van der Waals surface area contributed by atoms with Gasteiger partial charge in [-0.1, -0.05) is 17.7 Å². The number of aromatic nitrogens is 2. The zero-order chi connectivity index (χ0) is 11.5. The fraction of sp³-hybridized carbons (Fsp3) is 0.364. The molecule has 2 rings (SSSR count). The highest BCUT2D eigenvalue weighted by atomic mass is 35.5. The average molecular weight is 256 g/mol. The first-order valence-corrected chi connectivity index (χ1v) is 6.90. The van der Waals surface area contributed by atoms with Crippen molar-refractivity contribution in [1.82, 2.24) is 9.55 Å². The molecule has 1 aromatic heterocycles. The van der Waals surface area contributed by atoms with Crippen LogP contribution in [0.15, 0.2) is 18.2 Å². The van der Waals surface area contributed by atoms with E-state index < -0.39 is 0 Å². The fourth-order valence-electron chi connectivity index (χ4n) is 1.75. The van der Waals surface area contributed by atoms with Crippen LogP contribution in [0.2, 0.25) is 5.02 Å². The van der Waals surface area contributed by atoms with E-state index in [1.54, 1.807) is 0 Å². The van der Waals surface area contributed by atoms with E-state index in [1.807, 2.05) is 34.5 Å². The third kappa shape index (κ3) is 2.13. The molecule has 0 saturated heterocycles. The highest BCUT2D eigenvalue weighted by Gasteiger charge is 2.10. The van der Waals surface area contributed by atoms with Gasteiger partial charge in [0.2, 0.25) is 5.95 Å². The molecule has 0 fully saturated rings. The number of hydrogen-bond donors (Lipinski definition) is 1. The van der Waals surface area contributed by atoms with Gasteiger partial charge >= 0.3 is 0 Å². The molecule has 1 heterocycles. The van der Waals surface area contributed by atoms with Crippen LogP contribution in [0.5, 0.6) is 0 Å². The largest absolute Gasteiger partial charge is 0.369 e. The van der Waals surface area contributed by atoms with Gasteiger partial charge in [0.25, 0.3) is 0 Å². The number of hydrogen-bond acceptors (Lipinski definition) is 3. The summed E-state index contributed by atoms with van der Waals surface area (Å²) < 4.78 is 1.99. The van der Waals surface area contributed by atoms with Crippen LogP contribution in [0.4, 0.5) is 5.95 Å². The second kappa shape index (κ2) is 4.97. The third-order valence-corrected chi connectivity index (χ3v) is 3.48. The van der Waals surface area contributed by atoms with Crippen LogP contribution >= 0.6 is 23.4 Å². The van der Waals surface area contributed by atoms with Crippen molar-refractivity contribution in [2.24, 2.45) is 0 Å². The van der Waals surface area contributed by atoms with Crippen LogP contribution in [0.25, 0.3) is 11.0 Å². The molecule has 0 aliphatic heterocycles. The van der Waals surface area contributed by atoms with Gasteiger partial charge in [-0.25, -0.2) is 4.98 Å². The van der Waals surface area contributed by atoms with E-state index in [9.17, 15) is 0 Å². The number of nitrogen functional groups attached to an aromatic ring is 1. The maximum Gasteiger partial charge on any atom is 0.201 e. The monoisotopic (exact) mass is 255 g/mol. The predicted molar refractivity (Wildman–Crippen MR) is 72.2 cm³/mol. The van der Waals surface area contributed by atoms with E-state index in [0.717, 1.165) is 29.8 Å². The van der Waals surface area contributed by atoms with Crippen LogP contribution in [0, 0.1) is 0 Å². The molecule has 5 heteroatoms. The molecule has 0 unspecified atom stereocenters. The van der Waals surface area contributed by atoms with E-state index in [1.165, 1.54) is 0 Å². The van der Waals surface area contributed by atoms with Crippen molar-refractivity contribution in [3.8, 4) is 0 Å². The Morgan fingerprint density at radius 1 is 1.50 bits per heavy atom. The number of aryl methyl sites for hydroxylation is 1. The lowest BCUT2D eigenvalue weighted by Crippen LogP contribution is -2.04. The van der Waals surface area contributed by atoms with E-state index in [4.69, 9.17) is 17.3 Å². The Bertz CT molecular complexity index is 495. The molecule has 2 aromatic rings. The van der Waals surface area contributed by atoms with Crippen molar-refractivity contribution in [3.05, 3.63) is 23.2 Å². The standard InChI is InChI=1S/C11H14ClN3S/c1-16-7-3-6-15-10-8(12)4-2-5-9(10)14-11(15)13/h2,4-5H,3,6-7H2,1H3,(H2,13,14). The lowest BCUT2D eigenvalue weighted by Gasteiger charge is -2.06. The quantitative estimate of drug-likeness (QED) is 0.854. The molecule has 0 amide bonds. The SMILES string of the molecule is CSCCCn1c(N)nc2cccc(Cl)c21. The Balaban J connectivity index is 2.38. The molecule has 0 saturated carbocycles. The molecule has 2 N–H and O–H groups in total. The predicted octanol–water partition coefficient (Wildman–Crippen LogP) is 3.03. The van der Waals surface area contributed by atoms with Gasteiger partial charge in [-0.3, -0.25) is 0 Å². The van der Waals surface area contributed by atoms with Crippen LogP contribution in [0.1, 0.15) is 6.42 Å². The first kappa shape index (κ1) is 11.6. The van der Waals surface area contributed by atoms with Crippen molar-refractivity contribution in [2.75, 3.05) is 17.7 Å². The summed E-state index contributed by atoms with van der Waals surface area (Å²) >= 11 is 8.00. The molecule has 0 aliphatic rings. The molecular formula is C11H14ClN3S. The van der Waals surface area contributed by atoms with Crippen LogP contribution < -0.4 is 5.73 Å². The van der Waals surface area contributed by atoms with Crippen LogP contribution in [-0.2, 0) is 6.54 Å². The first-order chi connectivity index (χ1) is 7.74. The summed E-state index contributed by atoms with van der Waals surface area (Å²) in [7, 11) is 0. The smallest absolute Gasteiger partial charge is 0.201 e. The highest BCUT2D eigenvalue weighted by molar-refractivity contribution is 7.98. The number of rotatable bonds is 4. The summed E-state index contributed by atoms with van der Waals surface area (Å²) in [6.07, 6.45) is 3.17. The molecule has 0 radical (unpaired) electrons. The fourth-order valence-corrected chi connectivity index (χ4v) is 2.44. The summed E-state index contributed by atoms with van der Waals surface area (Å²) in [6, 6.07) is 5.70. The van der Waals surface area contributed by atoms with Gasteiger partial charge in [-0.2, -0.15) is 11.8 Å². The van der Waals surface area contributed by atoms with Gasteiger partial charge in [0.15, 0.2) is 0 Å². The molecule has 0 aliphatic carbocycles. The lowest BCUT2D eigenvalue weighted by atomic mass is 10.3. The minimum atomic E-state index is 0.546. The van der Waals surface area contributed by atoms with Gasteiger partial charge < -0.3 is 10.3 Å². The molecule has 1 aromatic carbocycles. The third-order valence-electron chi connectivity index (χ3n) is 2.48. The van der Waals surface area contributed by atoms with E-state index in [2.05, 4.69) is 11.2 Å². The second-order valence-corrected chi connectivity index (χ2v) is 4.97. The Morgan fingerprint density at radius 3 is 3.06 bits per heavy atom. The number of para-hydroxylation sites is 1. The van der Waals surface area contributed by atoms with Crippen molar-refractivity contribution in [2.45, 2.75) is 13.0 Å². The van der Waals surface area contributed by atoms with Crippen molar-refractivity contribution in [1.29, 1.82) is 0 Å². The van der Waals surface area contributed by atoms with Crippen molar-refractivity contribution >= 4 is 40.3 Å². The summed E-state index contributed by atoms with van der Waals surface area (Å²) in [5, 5.41) is 0.714. The zero-order valence-corrected chi connectivity index (χ0v) is 10.7. The number of halogens is 1. The Hall–Kier alpha value is -0.870. The van der Waals surface area contributed by atoms with E-state index in [-0.39, 0.29) is 0 Å². The van der Waals surface area contributed by atoms with E-state index in [0.29, 0.717) is 11.0 Å². The number of benzene rings is 1. The molecule has 0 bridgehead atoms. The van der Waals surface area contributed by atoms with Gasteiger partial charge in [0, 0.05) is 6.54 Å². The van der Waals surface area contributed by atoms with Gasteiger partial charge in [-0.15, -0.1) is 0 Å². The summed E-state index contributed by atoms with van der Waals surface area (Å²) in [5.41, 5.74) is 7.71. The van der Waals surface area contributed by atoms with Crippen molar-refractivity contribution in [3.63, 3.8) is 0 Å². The Kier molecular flexibility index (Phi) is 3.61. The van der Waals surface area contributed by atoms with Crippen LogP contribution in [-0.4, -0.2) is 21.6 Å². The van der Waals surface area contributed by atoms with Gasteiger partial charge in [-0.05, 0) is 30.6 Å². The number of thioether (sulfide) groups is 1. The number of nitrogens with zero attached hydrogens (tertiary/aromatic N) is 2. The molecule has 86 valence electrons. The van der Waals surface area contributed by atoms with Crippen LogP contribution in [0.3, 0.4) is 0 Å². The summed E-state index contributed by atoms with van der Waals surface area (Å²) in [6.45, 7) is 0.868. The molecular weight excluding hydrogens is 242 g/mol. The minimum Gasteiger partial charge on any atom is -0.369 e. The Labute approximate surface area is 104 Å². The number of imidazole rings is 1.